The molecule has 6 aromatic rings. The van der Waals surface area contributed by atoms with Crippen molar-refractivity contribution in [1.29, 1.82) is 0 Å². The summed E-state index contributed by atoms with van der Waals surface area (Å²) in [6.45, 7) is 11.2. The van der Waals surface area contributed by atoms with Gasteiger partial charge in [0.15, 0.2) is 40.5 Å². The predicted molar refractivity (Wildman–Crippen MR) is 308 cm³/mol. The summed E-state index contributed by atoms with van der Waals surface area (Å²) in [5.74, 6) is -2.30. The third kappa shape index (κ3) is 37.3. The summed E-state index contributed by atoms with van der Waals surface area (Å²) in [6, 6.07) is 56.3. The third-order valence-corrected chi connectivity index (χ3v) is 18.6. The van der Waals surface area contributed by atoms with E-state index in [0.717, 1.165) is 11.1 Å². The van der Waals surface area contributed by atoms with Gasteiger partial charge in [0.2, 0.25) is 0 Å². The summed E-state index contributed by atoms with van der Waals surface area (Å²) < 4.78 is 236. The van der Waals surface area contributed by atoms with E-state index in [-0.39, 0.29) is 127 Å². The van der Waals surface area contributed by atoms with Crippen LogP contribution in [0.4, 0.5) is 52.7 Å². The summed E-state index contributed by atoms with van der Waals surface area (Å²) in [6.07, 6.45) is 3.41. The van der Waals surface area contributed by atoms with Crippen molar-refractivity contribution in [2.45, 2.75) is 75.7 Å². The van der Waals surface area contributed by atoms with E-state index in [9.17, 15) is 72.5 Å². The number of hydrogen-bond donors (Lipinski definition) is 0. The monoisotopic (exact) mass is 1700 g/mol. The number of carboxylic acids is 2. The van der Waals surface area contributed by atoms with Crippen molar-refractivity contribution < 1.29 is 252 Å². The van der Waals surface area contributed by atoms with Crippen LogP contribution in [0.25, 0.3) is 0 Å². The molecule has 0 unspecified atom stereocenters. The van der Waals surface area contributed by atoms with Gasteiger partial charge in [-0.3, -0.25) is 9.98 Å². The van der Waals surface area contributed by atoms with Crippen molar-refractivity contribution in [2.24, 2.45) is 20.8 Å². The van der Waals surface area contributed by atoms with Crippen molar-refractivity contribution in [1.82, 2.24) is 0 Å². The van der Waals surface area contributed by atoms with Gasteiger partial charge in [-0.25, -0.2) is 33.7 Å². The van der Waals surface area contributed by atoms with Gasteiger partial charge >= 0.3 is 149 Å². The van der Waals surface area contributed by atoms with Crippen LogP contribution in [0.3, 0.4) is 0 Å². The zero-order valence-electron chi connectivity index (χ0n) is 50.3. The molecule has 42 heteroatoms. The molecule has 0 bridgehead atoms. The zero-order chi connectivity index (χ0) is 69.7. The minimum absolute atomic E-state index is 0. The molecule has 0 aliphatic heterocycles. The quantitative estimate of drug-likeness (QED) is 0.0380. The van der Waals surface area contributed by atoms with Crippen LogP contribution in [0.2, 0.25) is 0 Å². The van der Waals surface area contributed by atoms with Crippen LogP contribution in [0, 0.1) is 10.8 Å². The largest absolute Gasteiger partial charge is 1.00 e. The van der Waals surface area contributed by atoms with Crippen molar-refractivity contribution in [3.05, 3.63) is 181 Å². The van der Waals surface area contributed by atoms with Crippen LogP contribution in [0.5, 0.6) is 0 Å². The van der Waals surface area contributed by atoms with Gasteiger partial charge in [-0.1, -0.05) is 139 Å². The van der Waals surface area contributed by atoms with Crippen LogP contribution in [0.15, 0.2) is 180 Å². The van der Waals surface area contributed by atoms with Crippen molar-refractivity contribution >= 4 is 113 Å². The standard InChI is InChI=1S/2C25H26NO2P.4CHF3O3S.4Cu.2Na/c2*1-25(2,3)23(24(27)28)26-18-19-12-10-11-17-22(19)29(20-13-6-4-7-14-20)21-15-8-5-9-16-21;4*2-1(3,4)8(5,6)7;;;;;;/h2*4-18,23H,1-3H3,(H,27,28);4*(H,5,6,7);;;;;;/q;;;;;;6*+1/p-4/t2*23-;;;;;;;;;;/m11........../s1. The van der Waals surface area contributed by atoms with E-state index >= 15 is 0 Å². The van der Waals surface area contributed by atoms with Gasteiger partial charge in [-0.05, 0) is 83.6 Å². The number of aliphatic imine (C=N–C) groups is 2. The Balaban J connectivity index is -0.000000280. The number of rotatable bonds is 12. The fourth-order valence-electron chi connectivity index (χ4n) is 6.63. The summed E-state index contributed by atoms with van der Waals surface area (Å²) in [5.41, 5.74) is -21.7. The summed E-state index contributed by atoms with van der Waals surface area (Å²) in [4.78, 5) is 32.1. The average Bonchev–Trinajstić information content (AvgIpc) is 0.806. The number of hydrogen-bond acceptors (Lipinski definition) is 18. The van der Waals surface area contributed by atoms with E-state index < -0.39 is 113 Å². The molecule has 536 valence electrons. The smallest absolute Gasteiger partial charge is 0.741 e. The molecular formula is C54H52Cu4F12N2Na2O16P2S4+2. The van der Waals surface area contributed by atoms with Gasteiger partial charge in [0.25, 0.3) is 0 Å². The Morgan fingerprint density at radius 2 is 0.510 bits per heavy atom. The molecule has 0 fully saturated rings. The SMILES string of the molecule is CC(C)(C)[C@H](N=Cc1ccccc1[PH+](c1ccccc1)c1ccccc1)C(=O)[O-].CC(C)(C)[C@H](N=Cc1ccccc1[PH+](c1ccccc1)c1ccccc1)C(=O)[O-].O=S(=O)([O-])C(F)(F)F.O=S(=O)([O-])C(F)(F)F.O=S(=O)([O-])C(F)(F)F.O=S(=O)([O-])C(F)(F)F.[Cu+].[Cu+].[Cu+].[Cu+].[Na+].[Na+]. The average molecular weight is 1700 g/mol. The predicted octanol–water partition coefficient (Wildman–Crippen LogP) is -0.275. The van der Waals surface area contributed by atoms with E-state index in [1.165, 1.54) is 31.8 Å². The molecule has 0 amide bonds. The van der Waals surface area contributed by atoms with Crippen LogP contribution in [-0.2, 0) is 118 Å². The molecule has 0 aromatic heterocycles. The number of halogens is 12. The maximum atomic E-state index is 11.6. The topological polar surface area (TPSA) is 334 Å². The molecule has 0 heterocycles. The zero-order valence-corrected chi connectivity index (χ0v) is 63.3. The minimum Gasteiger partial charge on any atom is -0.741 e. The molecule has 0 saturated carbocycles. The third-order valence-electron chi connectivity index (χ3n) is 10.7. The van der Waals surface area contributed by atoms with Crippen LogP contribution >= 0.6 is 15.8 Å². The molecule has 2 atom stereocenters. The first-order valence-corrected chi connectivity index (χ1v) is 33.1. The molecule has 0 N–H and O–H groups in total. The normalized spacial score (nSPS) is 12.5. The molecule has 0 aliphatic carbocycles. The Hall–Kier alpha value is -2.66. The maximum Gasteiger partial charge on any atom is 1.00 e. The number of nitrogens with zero attached hydrogens (tertiary/aromatic N) is 2. The van der Waals surface area contributed by atoms with Crippen molar-refractivity contribution in [3.8, 4) is 0 Å². The Morgan fingerprint density at radius 1 is 0.354 bits per heavy atom. The van der Waals surface area contributed by atoms with E-state index in [0.29, 0.717) is 0 Å². The van der Waals surface area contributed by atoms with Gasteiger partial charge in [0.1, 0.15) is 31.8 Å². The van der Waals surface area contributed by atoms with Crippen LogP contribution < -0.4 is 101 Å². The van der Waals surface area contributed by atoms with E-state index in [4.69, 9.17) is 51.9 Å². The second-order valence-corrected chi connectivity index (χ2v) is 30.1. The van der Waals surface area contributed by atoms with Crippen molar-refractivity contribution in [2.75, 3.05) is 0 Å². The van der Waals surface area contributed by atoms with Gasteiger partial charge in [0, 0.05) is 23.6 Å². The first kappa shape index (κ1) is 104. The van der Waals surface area contributed by atoms with E-state index in [2.05, 4.69) is 119 Å². The van der Waals surface area contributed by atoms with Gasteiger partial charge in [-0.15, -0.1) is 0 Å². The molecule has 96 heavy (non-hydrogen) atoms. The molecule has 6 rings (SSSR count). The molecule has 0 radical (unpaired) electrons. The number of alkyl halides is 12. The van der Waals surface area contributed by atoms with E-state index in [1.54, 1.807) is 12.4 Å². The molecule has 6 aromatic carbocycles. The number of carbonyl (C=O) groups excluding carboxylic acids is 2. The molecule has 18 nitrogen and oxygen atoms in total. The number of carboxylic acid groups (broad SMARTS) is 2. The van der Waals surface area contributed by atoms with Gasteiger partial charge in [-0.2, -0.15) is 52.7 Å². The first-order valence-electron chi connectivity index (χ1n) is 24.5. The Labute approximate surface area is 635 Å². The number of aliphatic carboxylic acids is 2. The molecule has 0 spiro atoms. The summed E-state index contributed by atoms with van der Waals surface area (Å²) in [7, 11) is -26.9. The molecule has 0 saturated heterocycles. The molecule has 0 aliphatic rings. The van der Waals surface area contributed by atoms with Gasteiger partial charge in [0.05, 0.1) is 39.9 Å². The maximum absolute atomic E-state index is 11.6. The van der Waals surface area contributed by atoms with Crippen LogP contribution in [-0.4, -0.2) is 110 Å². The second-order valence-electron chi connectivity index (χ2n) is 19.7. The Bertz CT molecular complexity index is 3410. The minimum atomic E-state index is -6.09. The molecular weight excluding hydrogens is 1650 g/mol. The Morgan fingerprint density at radius 3 is 0.656 bits per heavy atom. The van der Waals surface area contributed by atoms with Crippen molar-refractivity contribution in [3.63, 3.8) is 0 Å². The fraction of sp³-hybridized carbons (Fsp3) is 0.259. The van der Waals surface area contributed by atoms with Crippen LogP contribution in [0.1, 0.15) is 52.7 Å². The first-order chi connectivity index (χ1) is 40.8. The summed E-state index contributed by atoms with van der Waals surface area (Å²) in [5, 5.41) is 30.7. The number of carbonyl (C=O) groups is 2. The summed E-state index contributed by atoms with van der Waals surface area (Å²) >= 11 is 0. The van der Waals surface area contributed by atoms with E-state index in [1.807, 2.05) is 102 Å². The number of benzene rings is 6. The second kappa shape index (κ2) is 44.7. The Kier molecular flexibility index (Phi) is 48.5. The fourth-order valence-corrected chi connectivity index (χ4v) is 12.0. The van der Waals surface area contributed by atoms with Gasteiger partial charge < -0.3 is 38.0 Å².